The average molecular weight is 300 g/mol. The maximum Gasteiger partial charge on any atom is 0.172 e. The zero-order valence-electron chi connectivity index (χ0n) is 11.6. The Hall–Kier alpha value is -1.90. The first-order valence-corrected chi connectivity index (χ1v) is 6.82. The minimum atomic E-state index is -0.444. The summed E-state index contributed by atoms with van der Waals surface area (Å²) in [6, 6.07) is 20.0. The van der Waals surface area contributed by atoms with E-state index in [1.54, 1.807) is 6.08 Å². The van der Waals surface area contributed by atoms with Crippen LogP contribution in [-0.4, -0.2) is 11.8 Å². The Morgan fingerprint density at radius 3 is 1.81 bits per heavy atom. The number of rotatable bonds is 2. The minimum absolute atomic E-state index is 0. The van der Waals surface area contributed by atoms with E-state index in [4.69, 9.17) is 5.73 Å². The molecule has 0 aromatic heterocycles. The van der Waals surface area contributed by atoms with Gasteiger partial charge >= 0.3 is 0 Å². The highest BCUT2D eigenvalue weighted by Crippen LogP contribution is 2.40. The highest BCUT2D eigenvalue weighted by atomic mass is 35.5. The Morgan fingerprint density at radius 1 is 0.905 bits per heavy atom. The van der Waals surface area contributed by atoms with Gasteiger partial charge in [-0.2, -0.15) is 0 Å². The summed E-state index contributed by atoms with van der Waals surface area (Å²) < 4.78 is 0. The number of hydrogen-bond donors (Lipinski definition) is 1. The molecule has 1 atom stereocenters. The van der Waals surface area contributed by atoms with E-state index in [0.29, 0.717) is 6.42 Å². The normalized spacial score (nSPS) is 19.9. The zero-order chi connectivity index (χ0) is 14.0. The molecule has 0 radical (unpaired) electrons. The summed E-state index contributed by atoms with van der Waals surface area (Å²) in [6.45, 7) is 0. The maximum atomic E-state index is 11.7. The van der Waals surface area contributed by atoms with Crippen molar-refractivity contribution in [3.8, 4) is 0 Å². The number of benzene rings is 2. The molecular formula is C18H18ClNO. The summed E-state index contributed by atoms with van der Waals surface area (Å²) in [5, 5.41) is 0. The van der Waals surface area contributed by atoms with Crippen molar-refractivity contribution in [2.75, 3.05) is 0 Å². The van der Waals surface area contributed by atoms with Crippen molar-refractivity contribution in [1.29, 1.82) is 0 Å². The van der Waals surface area contributed by atoms with Crippen LogP contribution in [0.3, 0.4) is 0 Å². The number of nitrogens with two attached hydrogens (primary N) is 1. The van der Waals surface area contributed by atoms with Crippen LogP contribution in [0.2, 0.25) is 0 Å². The van der Waals surface area contributed by atoms with Crippen molar-refractivity contribution in [2.24, 2.45) is 5.73 Å². The Labute approximate surface area is 131 Å². The quantitative estimate of drug-likeness (QED) is 0.925. The van der Waals surface area contributed by atoms with Gasteiger partial charge in [-0.3, -0.25) is 4.79 Å². The SMILES string of the molecule is Cl.NC1CC(c2ccccc2)(c2ccccc2)C=CC1=O. The van der Waals surface area contributed by atoms with Crippen LogP contribution in [0.1, 0.15) is 17.5 Å². The average Bonchev–Trinajstić information content (AvgIpc) is 2.52. The van der Waals surface area contributed by atoms with Crippen molar-refractivity contribution in [2.45, 2.75) is 17.9 Å². The molecule has 2 aromatic rings. The molecule has 2 nitrogen and oxygen atoms in total. The van der Waals surface area contributed by atoms with Crippen molar-refractivity contribution in [1.82, 2.24) is 0 Å². The van der Waals surface area contributed by atoms with Gasteiger partial charge in [0.15, 0.2) is 5.78 Å². The first kappa shape index (κ1) is 15.5. The highest BCUT2D eigenvalue weighted by Gasteiger charge is 2.37. The molecule has 0 aliphatic heterocycles. The third kappa shape index (κ3) is 2.78. The van der Waals surface area contributed by atoms with E-state index in [0.717, 1.165) is 0 Å². The summed E-state index contributed by atoms with van der Waals surface area (Å²) >= 11 is 0. The number of carbonyl (C=O) groups excluding carboxylic acids is 1. The summed E-state index contributed by atoms with van der Waals surface area (Å²) in [5.41, 5.74) is 8.06. The molecule has 0 bridgehead atoms. The van der Waals surface area contributed by atoms with Gasteiger partial charge in [0.25, 0.3) is 0 Å². The van der Waals surface area contributed by atoms with E-state index in [9.17, 15) is 4.79 Å². The summed E-state index contributed by atoms with van der Waals surface area (Å²) in [4.78, 5) is 11.7. The number of ketones is 1. The Kier molecular flexibility index (Phi) is 4.61. The molecule has 1 aliphatic carbocycles. The lowest BCUT2D eigenvalue weighted by molar-refractivity contribution is -0.116. The summed E-state index contributed by atoms with van der Waals surface area (Å²) in [6.07, 6.45) is 4.24. The molecule has 0 spiro atoms. The Bertz CT molecular complexity index is 597. The van der Waals surface area contributed by atoms with Crippen LogP contribution in [0.25, 0.3) is 0 Å². The van der Waals surface area contributed by atoms with Crippen LogP contribution >= 0.6 is 12.4 Å². The first-order chi connectivity index (χ1) is 9.72. The van der Waals surface area contributed by atoms with Crippen LogP contribution in [-0.2, 0) is 10.2 Å². The zero-order valence-corrected chi connectivity index (χ0v) is 12.4. The molecule has 21 heavy (non-hydrogen) atoms. The van der Waals surface area contributed by atoms with E-state index in [-0.39, 0.29) is 23.6 Å². The molecular weight excluding hydrogens is 282 g/mol. The van der Waals surface area contributed by atoms with E-state index in [2.05, 4.69) is 24.3 Å². The second kappa shape index (κ2) is 6.25. The first-order valence-electron chi connectivity index (χ1n) is 6.82. The number of allylic oxidation sites excluding steroid dienone is 1. The fraction of sp³-hybridized carbons (Fsp3) is 0.167. The standard InChI is InChI=1S/C18H17NO.ClH/c19-16-13-18(12-11-17(16)20,14-7-3-1-4-8-14)15-9-5-2-6-10-15;/h1-12,16H,13,19H2;1H. The maximum absolute atomic E-state index is 11.7. The van der Waals surface area contributed by atoms with Gasteiger partial charge in [0.1, 0.15) is 0 Å². The predicted octanol–water partition coefficient (Wildman–Crippen LogP) is 3.25. The lowest BCUT2D eigenvalue weighted by Gasteiger charge is -2.36. The second-order valence-electron chi connectivity index (χ2n) is 5.25. The van der Waals surface area contributed by atoms with E-state index >= 15 is 0 Å². The summed E-state index contributed by atoms with van der Waals surface area (Å²) in [7, 11) is 0. The van der Waals surface area contributed by atoms with Crippen LogP contribution in [0.5, 0.6) is 0 Å². The number of hydrogen-bond acceptors (Lipinski definition) is 2. The van der Waals surface area contributed by atoms with Crippen LogP contribution in [0.4, 0.5) is 0 Å². The molecule has 2 aromatic carbocycles. The smallest absolute Gasteiger partial charge is 0.172 e. The molecule has 0 saturated carbocycles. The molecule has 1 aliphatic rings. The fourth-order valence-corrected chi connectivity index (χ4v) is 2.93. The monoisotopic (exact) mass is 299 g/mol. The minimum Gasteiger partial charge on any atom is -0.321 e. The fourth-order valence-electron chi connectivity index (χ4n) is 2.93. The van der Waals surface area contributed by atoms with Gasteiger partial charge in [-0.05, 0) is 23.6 Å². The van der Waals surface area contributed by atoms with Gasteiger partial charge in [-0.1, -0.05) is 66.7 Å². The molecule has 0 fully saturated rings. The molecule has 108 valence electrons. The number of carbonyl (C=O) groups is 1. The Morgan fingerprint density at radius 2 is 1.38 bits per heavy atom. The molecule has 0 amide bonds. The lowest BCUT2D eigenvalue weighted by atomic mass is 9.67. The van der Waals surface area contributed by atoms with Crippen molar-refractivity contribution < 1.29 is 4.79 Å². The molecule has 0 saturated heterocycles. The van der Waals surface area contributed by atoms with Gasteiger partial charge < -0.3 is 5.73 Å². The van der Waals surface area contributed by atoms with Gasteiger partial charge in [0, 0.05) is 5.41 Å². The van der Waals surface area contributed by atoms with Crippen molar-refractivity contribution in [3.63, 3.8) is 0 Å². The third-order valence-electron chi connectivity index (χ3n) is 4.02. The predicted molar refractivity (Wildman–Crippen MR) is 87.7 cm³/mol. The van der Waals surface area contributed by atoms with Gasteiger partial charge in [0.2, 0.25) is 0 Å². The molecule has 3 heteroatoms. The Balaban J connectivity index is 0.00000161. The number of halogens is 1. The summed E-state index contributed by atoms with van der Waals surface area (Å²) in [5.74, 6) is 0.00693. The second-order valence-corrected chi connectivity index (χ2v) is 5.25. The highest BCUT2D eigenvalue weighted by molar-refractivity contribution is 5.96. The van der Waals surface area contributed by atoms with Crippen molar-refractivity contribution in [3.05, 3.63) is 83.9 Å². The van der Waals surface area contributed by atoms with Crippen LogP contribution in [0.15, 0.2) is 72.8 Å². The molecule has 0 heterocycles. The lowest BCUT2D eigenvalue weighted by Crippen LogP contribution is -2.42. The van der Waals surface area contributed by atoms with Gasteiger partial charge in [-0.15, -0.1) is 12.4 Å². The molecule has 3 rings (SSSR count). The third-order valence-corrected chi connectivity index (χ3v) is 4.02. The van der Waals surface area contributed by atoms with Crippen LogP contribution in [0, 0.1) is 0 Å². The van der Waals surface area contributed by atoms with E-state index in [1.165, 1.54) is 11.1 Å². The van der Waals surface area contributed by atoms with E-state index in [1.807, 2.05) is 42.5 Å². The molecule has 2 N–H and O–H groups in total. The topological polar surface area (TPSA) is 43.1 Å². The molecule has 1 unspecified atom stereocenters. The van der Waals surface area contributed by atoms with Crippen molar-refractivity contribution >= 4 is 18.2 Å². The van der Waals surface area contributed by atoms with Gasteiger partial charge in [0.05, 0.1) is 6.04 Å². The van der Waals surface area contributed by atoms with E-state index < -0.39 is 6.04 Å². The largest absolute Gasteiger partial charge is 0.321 e. The van der Waals surface area contributed by atoms with Crippen LogP contribution < -0.4 is 5.73 Å². The van der Waals surface area contributed by atoms with Gasteiger partial charge in [-0.25, -0.2) is 0 Å².